The Bertz CT molecular complexity index is 505. The summed E-state index contributed by atoms with van der Waals surface area (Å²) in [6, 6.07) is 0.352. The maximum absolute atomic E-state index is 4.52. The molecule has 104 valence electrons. The van der Waals surface area contributed by atoms with Gasteiger partial charge < -0.3 is 5.32 Å². The Labute approximate surface area is 118 Å². The van der Waals surface area contributed by atoms with Crippen molar-refractivity contribution in [3.63, 3.8) is 0 Å². The van der Waals surface area contributed by atoms with Crippen molar-refractivity contribution in [3.05, 3.63) is 28.2 Å². The van der Waals surface area contributed by atoms with Crippen LogP contribution in [0, 0.1) is 6.92 Å². The second kappa shape index (κ2) is 6.77. The molecule has 5 nitrogen and oxygen atoms in total. The lowest BCUT2D eigenvalue weighted by atomic mass is 10.1. The zero-order valence-electron chi connectivity index (χ0n) is 11.8. The van der Waals surface area contributed by atoms with Gasteiger partial charge >= 0.3 is 0 Å². The highest BCUT2D eigenvalue weighted by Gasteiger charge is 2.14. The zero-order chi connectivity index (χ0) is 13.7. The van der Waals surface area contributed by atoms with Crippen LogP contribution in [0.25, 0.3) is 0 Å². The lowest BCUT2D eigenvalue weighted by molar-refractivity contribution is 0.501. The number of thiazole rings is 1. The van der Waals surface area contributed by atoms with E-state index >= 15 is 0 Å². The van der Waals surface area contributed by atoms with Gasteiger partial charge in [-0.05, 0) is 20.4 Å². The predicted molar refractivity (Wildman–Crippen MR) is 77.4 cm³/mol. The van der Waals surface area contributed by atoms with Gasteiger partial charge in [0.1, 0.15) is 12.2 Å². The van der Waals surface area contributed by atoms with Crippen molar-refractivity contribution in [1.82, 2.24) is 25.1 Å². The van der Waals surface area contributed by atoms with E-state index in [0.29, 0.717) is 6.04 Å². The third-order valence-corrected chi connectivity index (χ3v) is 4.04. The van der Waals surface area contributed by atoms with Gasteiger partial charge in [-0.3, -0.25) is 4.68 Å². The number of likely N-dealkylation sites (N-methyl/N-ethyl adjacent to an activating group) is 1. The summed E-state index contributed by atoms with van der Waals surface area (Å²) in [7, 11) is 1.99. The molecule has 0 saturated heterocycles. The van der Waals surface area contributed by atoms with Gasteiger partial charge in [0.15, 0.2) is 0 Å². The van der Waals surface area contributed by atoms with Crippen LogP contribution in [0.5, 0.6) is 0 Å². The van der Waals surface area contributed by atoms with Crippen molar-refractivity contribution in [1.29, 1.82) is 0 Å². The summed E-state index contributed by atoms with van der Waals surface area (Å²) >= 11 is 1.73. The molecule has 1 unspecified atom stereocenters. The first-order chi connectivity index (χ1) is 9.22. The Kier molecular flexibility index (Phi) is 5.04. The highest BCUT2D eigenvalue weighted by Crippen LogP contribution is 2.13. The molecule has 0 saturated carbocycles. The number of aryl methyl sites for hydroxylation is 2. The van der Waals surface area contributed by atoms with Crippen molar-refractivity contribution >= 4 is 11.3 Å². The highest BCUT2D eigenvalue weighted by atomic mass is 32.1. The lowest BCUT2D eigenvalue weighted by Crippen LogP contribution is -2.31. The molecule has 0 aliphatic heterocycles. The number of nitrogens with one attached hydrogen (secondary N) is 1. The van der Waals surface area contributed by atoms with Gasteiger partial charge in [0.05, 0.1) is 5.01 Å². The summed E-state index contributed by atoms with van der Waals surface area (Å²) in [5.74, 6) is 1.05. The fourth-order valence-electron chi connectivity index (χ4n) is 2.05. The maximum Gasteiger partial charge on any atom is 0.138 e. The first kappa shape index (κ1) is 14.1. The first-order valence-corrected chi connectivity index (χ1v) is 7.55. The van der Waals surface area contributed by atoms with Crippen LogP contribution in [0.1, 0.15) is 29.9 Å². The summed E-state index contributed by atoms with van der Waals surface area (Å²) in [5.41, 5.74) is 1.10. The summed E-state index contributed by atoms with van der Waals surface area (Å²) in [6.45, 7) is 5.12. The van der Waals surface area contributed by atoms with Crippen LogP contribution in [0.15, 0.2) is 11.7 Å². The van der Waals surface area contributed by atoms with E-state index in [2.05, 4.69) is 32.7 Å². The Morgan fingerprint density at radius 3 is 2.89 bits per heavy atom. The molecule has 0 aliphatic carbocycles. The molecule has 19 heavy (non-hydrogen) atoms. The third-order valence-electron chi connectivity index (χ3n) is 3.06. The minimum atomic E-state index is 0.352. The second-order valence-corrected chi connectivity index (χ2v) is 5.62. The van der Waals surface area contributed by atoms with Crippen LogP contribution in [-0.2, 0) is 19.4 Å². The summed E-state index contributed by atoms with van der Waals surface area (Å²) in [6.07, 6.45) is 4.54. The van der Waals surface area contributed by atoms with Crippen molar-refractivity contribution in [3.8, 4) is 0 Å². The van der Waals surface area contributed by atoms with Crippen LogP contribution in [0.3, 0.4) is 0 Å². The van der Waals surface area contributed by atoms with E-state index in [0.717, 1.165) is 37.3 Å². The van der Waals surface area contributed by atoms with Crippen molar-refractivity contribution in [2.24, 2.45) is 0 Å². The molecule has 2 rings (SSSR count). The van der Waals surface area contributed by atoms with E-state index in [1.54, 1.807) is 17.7 Å². The lowest BCUT2D eigenvalue weighted by Gasteiger charge is -2.14. The number of rotatable bonds is 7. The molecule has 0 aliphatic rings. The number of hydrogen-bond donors (Lipinski definition) is 1. The van der Waals surface area contributed by atoms with Crippen LogP contribution >= 0.6 is 11.3 Å². The second-order valence-electron chi connectivity index (χ2n) is 4.68. The largest absolute Gasteiger partial charge is 0.316 e. The van der Waals surface area contributed by atoms with Crippen molar-refractivity contribution in [2.45, 2.75) is 45.7 Å². The van der Waals surface area contributed by atoms with Gasteiger partial charge in [-0.2, -0.15) is 5.10 Å². The van der Waals surface area contributed by atoms with Gasteiger partial charge in [-0.25, -0.2) is 9.97 Å². The van der Waals surface area contributed by atoms with E-state index in [1.807, 2.05) is 18.7 Å². The molecular formula is C13H21N5S. The molecule has 1 N–H and O–H groups in total. The molecule has 2 aromatic heterocycles. The van der Waals surface area contributed by atoms with Crippen molar-refractivity contribution < 1.29 is 0 Å². The quantitative estimate of drug-likeness (QED) is 0.840. The molecule has 6 heteroatoms. The summed E-state index contributed by atoms with van der Waals surface area (Å²) in [5, 5.41) is 10.9. The average molecular weight is 279 g/mol. The van der Waals surface area contributed by atoms with Gasteiger partial charge in [-0.15, -0.1) is 11.3 Å². The van der Waals surface area contributed by atoms with Gasteiger partial charge in [0.25, 0.3) is 0 Å². The van der Waals surface area contributed by atoms with E-state index in [1.165, 1.54) is 5.01 Å². The molecule has 0 amide bonds. The molecule has 2 aromatic rings. The summed E-state index contributed by atoms with van der Waals surface area (Å²) < 4.78 is 2.00. The zero-order valence-corrected chi connectivity index (χ0v) is 12.6. The van der Waals surface area contributed by atoms with Gasteiger partial charge in [0.2, 0.25) is 0 Å². The molecule has 0 spiro atoms. The number of nitrogens with zero attached hydrogens (tertiary/aromatic N) is 4. The molecular weight excluding hydrogens is 258 g/mol. The van der Waals surface area contributed by atoms with Crippen LogP contribution in [0.4, 0.5) is 0 Å². The van der Waals surface area contributed by atoms with Gasteiger partial charge in [-0.1, -0.05) is 6.92 Å². The van der Waals surface area contributed by atoms with Crippen molar-refractivity contribution in [2.75, 3.05) is 7.05 Å². The first-order valence-electron chi connectivity index (χ1n) is 6.67. The average Bonchev–Trinajstić information content (AvgIpc) is 2.99. The van der Waals surface area contributed by atoms with Crippen LogP contribution in [-0.4, -0.2) is 32.8 Å². The van der Waals surface area contributed by atoms with Crippen LogP contribution < -0.4 is 5.32 Å². The van der Waals surface area contributed by atoms with E-state index in [4.69, 9.17) is 0 Å². The van der Waals surface area contributed by atoms with E-state index in [9.17, 15) is 0 Å². The Balaban J connectivity index is 2.00. The number of hydrogen-bond acceptors (Lipinski definition) is 5. The fraction of sp³-hybridized carbons (Fsp3) is 0.615. The normalized spacial score (nSPS) is 12.8. The topological polar surface area (TPSA) is 55.6 Å². The Morgan fingerprint density at radius 1 is 1.42 bits per heavy atom. The fourth-order valence-corrected chi connectivity index (χ4v) is 2.90. The minimum Gasteiger partial charge on any atom is -0.316 e. The Hall–Kier alpha value is -1.27. The number of aromatic nitrogens is 4. The molecule has 0 fully saturated rings. The third kappa shape index (κ3) is 3.84. The molecule has 1 atom stereocenters. The van der Waals surface area contributed by atoms with Crippen LogP contribution in [0.2, 0.25) is 0 Å². The minimum absolute atomic E-state index is 0.352. The monoisotopic (exact) mass is 279 g/mol. The van der Waals surface area contributed by atoms with E-state index in [-0.39, 0.29) is 0 Å². The molecule has 2 heterocycles. The van der Waals surface area contributed by atoms with E-state index < -0.39 is 0 Å². The summed E-state index contributed by atoms with van der Waals surface area (Å²) in [4.78, 5) is 8.89. The predicted octanol–water partition coefficient (Wildman–Crippen LogP) is 1.83. The smallest absolute Gasteiger partial charge is 0.138 e. The standard InChI is InChI=1S/C13H21N5S/c1-4-5-18-12(15-9-16-18)6-11(14-3)7-13-17-10(2)8-19-13/h8-9,11,14H,4-7H2,1-3H3. The van der Waals surface area contributed by atoms with Gasteiger partial charge in [0, 0.05) is 36.5 Å². The molecule has 0 radical (unpaired) electrons. The highest BCUT2D eigenvalue weighted by molar-refractivity contribution is 7.09. The molecule has 0 bridgehead atoms. The Morgan fingerprint density at radius 2 is 2.26 bits per heavy atom. The molecule has 0 aromatic carbocycles. The maximum atomic E-state index is 4.52. The SMILES string of the molecule is CCCn1ncnc1CC(Cc1nc(C)cs1)NC.